The molecule has 1 atom stereocenters. The number of hydrogen-bond donors (Lipinski definition) is 2. The van der Waals surface area contributed by atoms with E-state index in [-0.39, 0.29) is 11.2 Å². The number of rotatable bonds is 7. The first-order valence-electron chi connectivity index (χ1n) is 6.44. The summed E-state index contributed by atoms with van der Waals surface area (Å²) in [5.41, 5.74) is 6.59. The van der Waals surface area contributed by atoms with Crippen molar-refractivity contribution in [3.05, 3.63) is 24.3 Å². The van der Waals surface area contributed by atoms with E-state index in [0.717, 1.165) is 30.0 Å². The zero-order chi connectivity index (χ0) is 13.4. The Bertz CT molecular complexity index is 382. The summed E-state index contributed by atoms with van der Waals surface area (Å²) in [5.74, 6) is 0.0827. The molecule has 0 saturated carbocycles. The van der Waals surface area contributed by atoms with Gasteiger partial charge in [0.05, 0.1) is 5.25 Å². The highest BCUT2D eigenvalue weighted by Crippen LogP contribution is 2.28. The molecule has 0 heterocycles. The van der Waals surface area contributed by atoms with E-state index in [4.69, 9.17) is 5.73 Å². The summed E-state index contributed by atoms with van der Waals surface area (Å²) in [5, 5.41) is 2.84. The molecule has 1 rings (SSSR count). The van der Waals surface area contributed by atoms with Crippen LogP contribution in [-0.4, -0.2) is 17.7 Å². The molecule has 0 aliphatic rings. The fourth-order valence-electron chi connectivity index (χ4n) is 1.56. The highest BCUT2D eigenvalue weighted by Gasteiger charge is 2.14. The van der Waals surface area contributed by atoms with Crippen LogP contribution in [0.2, 0.25) is 0 Å². The van der Waals surface area contributed by atoms with Crippen LogP contribution in [0.5, 0.6) is 0 Å². The Kier molecular flexibility index (Phi) is 6.65. The minimum Gasteiger partial charge on any atom is -0.398 e. The van der Waals surface area contributed by atoms with Gasteiger partial charge in [0, 0.05) is 17.1 Å². The van der Waals surface area contributed by atoms with Gasteiger partial charge in [-0.2, -0.15) is 0 Å². The van der Waals surface area contributed by atoms with Crippen molar-refractivity contribution in [2.75, 3.05) is 12.3 Å². The lowest BCUT2D eigenvalue weighted by atomic mass is 10.2. The third kappa shape index (κ3) is 5.00. The van der Waals surface area contributed by atoms with Gasteiger partial charge in [-0.1, -0.05) is 31.9 Å². The minimum absolute atomic E-state index is 0.0827. The van der Waals surface area contributed by atoms with Crippen LogP contribution in [0, 0.1) is 0 Å². The van der Waals surface area contributed by atoms with E-state index in [1.54, 1.807) is 0 Å². The summed E-state index contributed by atoms with van der Waals surface area (Å²) < 4.78 is 0. The third-order valence-electron chi connectivity index (χ3n) is 2.67. The van der Waals surface area contributed by atoms with Gasteiger partial charge < -0.3 is 11.1 Å². The van der Waals surface area contributed by atoms with Crippen molar-refractivity contribution in [3.8, 4) is 0 Å². The molecule has 0 radical (unpaired) electrons. The number of amides is 1. The first kappa shape index (κ1) is 14.9. The molecule has 1 aromatic carbocycles. The first-order valence-corrected chi connectivity index (χ1v) is 7.32. The maximum Gasteiger partial charge on any atom is 0.233 e. The Morgan fingerprint density at radius 1 is 1.39 bits per heavy atom. The molecule has 4 heteroatoms. The van der Waals surface area contributed by atoms with Crippen LogP contribution in [0.1, 0.15) is 33.1 Å². The number of thioether (sulfide) groups is 1. The van der Waals surface area contributed by atoms with E-state index in [1.807, 2.05) is 31.2 Å². The van der Waals surface area contributed by atoms with E-state index < -0.39 is 0 Å². The number of anilines is 1. The van der Waals surface area contributed by atoms with Crippen LogP contribution in [0.3, 0.4) is 0 Å². The lowest BCUT2D eigenvalue weighted by Gasteiger charge is -2.13. The van der Waals surface area contributed by atoms with Gasteiger partial charge in [0.2, 0.25) is 5.91 Å². The second-order valence-corrected chi connectivity index (χ2v) is 5.68. The SMILES string of the molecule is CCCCCNC(=O)C(C)Sc1ccccc1N. The molecular weight excluding hydrogens is 244 g/mol. The molecule has 0 fully saturated rings. The van der Waals surface area contributed by atoms with Crippen LogP contribution in [0.15, 0.2) is 29.2 Å². The quantitative estimate of drug-likeness (QED) is 0.453. The summed E-state index contributed by atoms with van der Waals surface area (Å²) in [6, 6.07) is 7.63. The number of para-hydroxylation sites is 1. The summed E-state index contributed by atoms with van der Waals surface area (Å²) in [4.78, 5) is 12.8. The molecule has 3 N–H and O–H groups in total. The number of carbonyl (C=O) groups is 1. The topological polar surface area (TPSA) is 55.1 Å². The lowest BCUT2D eigenvalue weighted by Crippen LogP contribution is -2.31. The molecule has 0 aromatic heterocycles. The third-order valence-corrected chi connectivity index (χ3v) is 3.86. The number of nitrogens with one attached hydrogen (secondary N) is 1. The van der Waals surface area contributed by atoms with E-state index in [1.165, 1.54) is 18.2 Å². The molecule has 0 spiro atoms. The van der Waals surface area contributed by atoms with Crippen LogP contribution < -0.4 is 11.1 Å². The number of benzene rings is 1. The molecule has 1 amide bonds. The first-order chi connectivity index (χ1) is 8.65. The maximum atomic E-state index is 11.8. The zero-order valence-electron chi connectivity index (χ0n) is 11.1. The number of unbranched alkanes of at least 4 members (excludes halogenated alkanes) is 2. The van der Waals surface area contributed by atoms with Crippen molar-refractivity contribution >= 4 is 23.4 Å². The molecule has 18 heavy (non-hydrogen) atoms. The molecule has 3 nitrogen and oxygen atoms in total. The largest absolute Gasteiger partial charge is 0.398 e. The Labute approximate surface area is 114 Å². The molecule has 1 aromatic rings. The maximum absolute atomic E-state index is 11.8. The summed E-state index contributed by atoms with van der Waals surface area (Å²) in [6.07, 6.45) is 3.38. The van der Waals surface area contributed by atoms with Crippen molar-refractivity contribution in [3.63, 3.8) is 0 Å². The Balaban J connectivity index is 2.38. The average molecular weight is 266 g/mol. The predicted octanol–water partition coefficient (Wildman–Crippen LogP) is 3.06. The van der Waals surface area contributed by atoms with Crippen molar-refractivity contribution in [1.82, 2.24) is 5.32 Å². The summed E-state index contributed by atoms with van der Waals surface area (Å²) in [7, 11) is 0. The molecule has 0 aliphatic carbocycles. The molecule has 0 aliphatic heterocycles. The van der Waals surface area contributed by atoms with E-state index in [9.17, 15) is 4.79 Å². The fraction of sp³-hybridized carbons (Fsp3) is 0.500. The van der Waals surface area contributed by atoms with Crippen molar-refractivity contribution < 1.29 is 4.79 Å². The van der Waals surface area contributed by atoms with Gasteiger partial charge in [0.25, 0.3) is 0 Å². The van der Waals surface area contributed by atoms with Crippen molar-refractivity contribution in [1.29, 1.82) is 0 Å². The zero-order valence-corrected chi connectivity index (χ0v) is 11.9. The highest BCUT2D eigenvalue weighted by atomic mass is 32.2. The lowest BCUT2D eigenvalue weighted by molar-refractivity contribution is -0.120. The van der Waals surface area contributed by atoms with Crippen LogP contribution >= 0.6 is 11.8 Å². The van der Waals surface area contributed by atoms with Gasteiger partial charge in [-0.15, -0.1) is 11.8 Å². The second kappa shape index (κ2) is 8.03. The van der Waals surface area contributed by atoms with E-state index >= 15 is 0 Å². The van der Waals surface area contributed by atoms with E-state index in [2.05, 4.69) is 12.2 Å². The van der Waals surface area contributed by atoms with Gasteiger partial charge >= 0.3 is 0 Å². The molecule has 0 bridgehead atoms. The van der Waals surface area contributed by atoms with Gasteiger partial charge in [0.15, 0.2) is 0 Å². The Hall–Kier alpha value is -1.16. The van der Waals surface area contributed by atoms with Gasteiger partial charge in [-0.05, 0) is 25.5 Å². The second-order valence-electron chi connectivity index (χ2n) is 4.30. The predicted molar refractivity (Wildman–Crippen MR) is 78.7 cm³/mol. The molecular formula is C14H22N2OS. The van der Waals surface area contributed by atoms with Crippen LogP contribution in [0.4, 0.5) is 5.69 Å². The van der Waals surface area contributed by atoms with Gasteiger partial charge in [0.1, 0.15) is 0 Å². The highest BCUT2D eigenvalue weighted by molar-refractivity contribution is 8.00. The van der Waals surface area contributed by atoms with E-state index in [0.29, 0.717) is 0 Å². The van der Waals surface area contributed by atoms with Crippen LogP contribution in [-0.2, 0) is 4.79 Å². The normalized spacial score (nSPS) is 12.1. The molecule has 1 unspecified atom stereocenters. The smallest absolute Gasteiger partial charge is 0.233 e. The number of nitrogens with two attached hydrogens (primary N) is 1. The minimum atomic E-state index is -0.115. The van der Waals surface area contributed by atoms with Crippen molar-refractivity contribution in [2.24, 2.45) is 0 Å². The number of nitrogen functional groups attached to an aromatic ring is 1. The monoisotopic (exact) mass is 266 g/mol. The number of hydrogen-bond acceptors (Lipinski definition) is 3. The average Bonchev–Trinajstić information content (AvgIpc) is 2.37. The number of carbonyl (C=O) groups excluding carboxylic acids is 1. The van der Waals surface area contributed by atoms with Gasteiger partial charge in [-0.3, -0.25) is 4.79 Å². The van der Waals surface area contributed by atoms with Crippen LogP contribution in [0.25, 0.3) is 0 Å². The summed E-state index contributed by atoms with van der Waals surface area (Å²) >= 11 is 1.51. The summed E-state index contributed by atoms with van der Waals surface area (Å²) in [6.45, 7) is 4.83. The standard InChI is InChI=1S/C14H22N2OS/c1-3-4-7-10-16-14(17)11(2)18-13-9-6-5-8-12(13)15/h5-6,8-9,11H,3-4,7,10,15H2,1-2H3,(H,16,17). The Morgan fingerprint density at radius 2 is 2.11 bits per heavy atom. The molecule has 0 saturated heterocycles. The fourth-order valence-corrected chi connectivity index (χ4v) is 2.49. The Morgan fingerprint density at radius 3 is 2.78 bits per heavy atom. The van der Waals surface area contributed by atoms with Gasteiger partial charge in [-0.25, -0.2) is 0 Å². The molecule has 100 valence electrons. The van der Waals surface area contributed by atoms with Crippen molar-refractivity contribution in [2.45, 2.75) is 43.3 Å².